The summed E-state index contributed by atoms with van der Waals surface area (Å²) >= 11 is 3.57. The van der Waals surface area contributed by atoms with Gasteiger partial charge in [0.1, 0.15) is 6.61 Å². The second kappa shape index (κ2) is 9.14. The predicted molar refractivity (Wildman–Crippen MR) is 128 cm³/mol. The first-order valence-electron chi connectivity index (χ1n) is 11.3. The van der Waals surface area contributed by atoms with Crippen molar-refractivity contribution in [2.45, 2.75) is 26.4 Å². The average Bonchev–Trinajstić information content (AvgIpc) is 3.10. The molecule has 1 aliphatic heterocycles. The number of carbonyl (C=O) groups is 2. The summed E-state index contributed by atoms with van der Waals surface area (Å²) < 4.78 is 12.5. The van der Waals surface area contributed by atoms with Gasteiger partial charge in [-0.05, 0) is 70.8 Å². The molecule has 33 heavy (non-hydrogen) atoms. The zero-order valence-electron chi connectivity index (χ0n) is 18.3. The van der Waals surface area contributed by atoms with Gasteiger partial charge in [-0.2, -0.15) is 10.1 Å². The summed E-state index contributed by atoms with van der Waals surface area (Å²) in [4.78, 5) is 26.0. The van der Waals surface area contributed by atoms with Crippen LogP contribution in [-0.2, 0) is 16.2 Å². The first-order valence-corrected chi connectivity index (χ1v) is 12.1. The van der Waals surface area contributed by atoms with Crippen LogP contribution in [0.5, 0.6) is 11.5 Å². The number of imide groups is 1. The molecule has 1 saturated heterocycles. The number of fused-ring (bicyclic) bond motifs is 1. The van der Waals surface area contributed by atoms with Crippen LogP contribution in [0, 0.1) is 23.7 Å². The zero-order chi connectivity index (χ0) is 22.9. The first-order chi connectivity index (χ1) is 16.1. The summed E-state index contributed by atoms with van der Waals surface area (Å²) in [5.41, 5.74) is 1.75. The van der Waals surface area contributed by atoms with Crippen LogP contribution < -0.4 is 9.47 Å². The molecule has 1 saturated carbocycles. The third-order valence-electron chi connectivity index (χ3n) is 6.62. The molecule has 2 aromatic carbocycles. The summed E-state index contributed by atoms with van der Waals surface area (Å²) in [6, 6.07) is 13.5. The fourth-order valence-electron chi connectivity index (χ4n) is 5.09. The Bertz CT molecular complexity index is 1100. The van der Waals surface area contributed by atoms with Crippen LogP contribution in [0.4, 0.5) is 0 Å². The van der Waals surface area contributed by atoms with Crippen LogP contribution in [0.2, 0.25) is 0 Å². The topological polar surface area (TPSA) is 68.2 Å². The van der Waals surface area contributed by atoms with Crippen molar-refractivity contribution in [2.24, 2.45) is 28.8 Å². The van der Waals surface area contributed by atoms with E-state index in [1.165, 1.54) is 6.21 Å². The molecule has 2 amide bonds. The van der Waals surface area contributed by atoms with E-state index in [2.05, 4.69) is 33.2 Å². The van der Waals surface area contributed by atoms with Gasteiger partial charge in [-0.1, -0.05) is 42.5 Å². The molecule has 4 aliphatic rings. The second-order valence-electron chi connectivity index (χ2n) is 8.61. The molecule has 170 valence electrons. The van der Waals surface area contributed by atoms with Gasteiger partial charge in [0.05, 0.1) is 29.1 Å². The highest BCUT2D eigenvalue weighted by Crippen LogP contribution is 2.49. The number of rotatable bonds is 7. The Balaban J connectivity index is 1.36. The lowest BCUT2D eigenvalue weighted by Crippen LogP contribution is -2.38. The van der Waals surface area contributed by atoms with Gasteiger partial charge in [-0.25, -0.2) is 0 Å². The number of ether oxygens (including phenoxy) is 2. The van der Waals surface area contributed by atoms with E-state index in [1.807, 2.05) is 43.3 Å². The van der Waals surface area contributed by atoms with Crippen molar-refractivity contribution >= 4 is 34.0 Å². The molecule has 3 aliphatic carbocycles. The Morgan fingerprint density at radius 2 is 1.70 bits per heavy atom. The van der Waals surface area contributed by atoms with Gasteiger partial charge in [-0.15, -0.1) is 0 Å². The molecule has 0 N–H and O–H groups in total. The normalized spacial score (nSPS) is 25.7. The number of hydrazone groups is 1. The molecule has 2 fully saturated rings. The summed E-state index contributed by atoms with van der Waals surface area (Å²) in [7, 11) is 0. The fourth-order valence-corrected chi connectivity index (χ4v) is 5.67. The number of carbonyl (C=O) groups excluding carboxylic acids is 2. The highest BCUT2D eigenvalue weighted by atomic mass is 79.9. The second-order valence-corrected chi connectivity index (χ2v) is 9.47. The molecule has 0 radical (unpaired) electrons. The molecule has 0 unspecified atom stereocenters. The van der Waals surface area contributed by atoms with E-state index in [-0.39, 0.29) is 35.5 Å². The van der Waals surface area contributed by atoms with Crippen molar-refractivity contribution in [3.8, 4) is 11.5 Å². The first kappa shape index (κ1) is 21.9. The molecular formula is C26H25BrN2O4. The number of amides is 2. The zero-order valence-corrected chi connectivity index (χ0v) is 19.9. The molecule has 1 heterocycles. The number of hydrogen-bond donors (Lipinski definition) is 0. The van der Waals surface area contributed by atoms with Crippen molar-refractivity contribution in [3.63, 3.8) is 0 Å². The van der Waals surface area contributed by atoms with E-state index in [1.54, 1.807) is 6.07 Å². The maximum Gasteiger partial charge on any atom is 0.254 e. The monoisotopic (exact) mass is 508 g/mol. The number of allylic oxidation sites excluding steroid dienone is 2. The highest BCUT2D eigenvalue weighted by Gasteiger charge is 2.56. The molecule has 6 nitrogen and oxygen atoms in total. The Kier molecular flexibility index (Phi) is 6.06. The highest BCUT2D eigenvalue weighted by molar-refractivity contribution is 9.10. The van der Waals surface area contributed by atoms with E-state index < -0.39 is 0 Å². The van der Waals surface area contributed by atoms with E-state index in [0.29, 0.717) is 34.7 Å². The summed E-state index contributed by atoms with van der Waals surface area (Å²) in [5.74, 6) is 0.557. The van der Waals surface area contributed by atoms with E-state index in [9.17, 15) is 9.59 Å². The summed E-state index contributed by atoms with van der Waals surface area (Å²) in [6.45, 7) is 2.78. The van der Waals surface area contributed by atoms with Gasteiger partial charge in [0.2, 0.25) is 0 Å². The van der Waals surface area contributed by atoms with Crippen LogP contribution in [-0.4, -0.2) is 29.6 Å². The minimum Gasteiger partial charge on any atom is -0.490 e. The molecule has 4 atom stereocenters. The summed E-state index contributed by atoms with van der Waals surface area (Å²) in [5, 5.41) is 5.38. The Labute approximate surface area is 201 Å². The van der Waals surface area contributed by atoms with Crippen LogP contribution in [0.15, 0.2) is 64.2 Å². The van der Waals surface area contributed by atoms with Crippen molar-refractivity contribution in [2.75, 3.05) is 6.61 Å². The SMILES string of the molecule is CCOc1cc(/C=N\N2C(=O)[C@@H]3[C@H](C2=O)[C@@H]2C=C[C@@H]3CC2)cc(Br)c1OCc1ccccc1. The minimum atomic E-state index is -0.266. The molecule has 7 heteroatoms. The standard InChI is InChI=1S/C26H25BrN2O4/c1-2-32-21-13-17(12-20(27)24(21)33-15-16-6-4-3-5-7-16)14-28-29-25(30)22-18-8-9-19(11-10-18)23(22)26(29)31/h3-9,12-14,18-19,22-23H,2,10-11,15H2,1H3/b28-14-/t18-,19-,22-,23+/m1/s1. The third kappa shape index (κ3) is 4.10. The van der Waals surface area contributed by atoms with Crippen LogP contribution in [0.1, 0.15) is 30.9 Å². The van der Waals surface area contributed by atoms with Crippen LogP contribution in [0.3, 0.4) is 0 Å². The van der Waals surface area contributed by atoms with E-state index >= 15 is 0 Å². The van der Waals surface area contributed by atoms with Crippen molar-refractivity contribution in [1.82, 2.24) is 5.01 Å². The predicted octanol–water partition coefficient (Wildman–Crippen LogP) is 4.96. The Hall–Kier alpha value is -2.93. The van der Waals surface area contributed by atoms with Crippen LogP contribution >= 0.6 is 15.9 Å². The lowest BCUT2D eigenvalue weighted by atomic mass is 9.63. The molecule has 0 spiro atoms. The van der Waals surface area contributed by atoms with Gasteiger partial charge >= 0.3 is 0 Å². The van der Waals surface area contributed by atoms with Crippen molar-refractivity contribution in [3.05, 3.63) is 70.2 Å². The molecule has 6 rings (SSSR count). The minimum absolute atomic E-state index is 0.149. The Morgan fingerprint density at radius 1 is 1.03 bits per heavy atom. The van der Waals surface area contributed by atoms with Gasteiger partial charge in [0.15, 0.2) is 11.5 Å². The maximum atomic E-state index is 13.0. The van der Waals surface area contributed by atoms with Crippen LogP contribution in [0.25, 0.3) is 0 Å². The number of hydrogen-bond acceptors (Lipinski definition) is 5. The lowest BCUT2D eigenvalue weighted by molar-refractivity contribution is -0.140. The fraction of sp³-hybridized carbons (Fsp3) is 0.346. The lowest BCUT2D eigenvalue weighted by Gasteiger charge is -2.37. The van der Waals surface area contributed by atoms with E-state index in [4.69, 9.17) is 9.47 Å². The quantitative estimate of drug-likeness (QED) is 0.301. The van der Waals surface area contributed by atoms with Gasteiger partial charge in [0, 0.05) is 0 Å². The molecule has 0 aromatic heterocycles. The van der Waals surface area contributed by atoms with Gasteiger partial charge in [0.25, 0.3) is 11.8 Å². The molecular weight excluding hydrogens is 484 g/mol. The summed E-state index contributed by atoms with van der Waals surface area (Å²) in [6.07, 6.45) is 7.68. The Morgan fingerprint density at radius 3 is 2.30 bits per heavy atom. The smallest absolute Gasteiger partial charge is 0.254 e. The van der Waals surface area contributed by atoms with Gasteiger partial charge < -0.3 is 9.47 Å². The van der Waals surface area contributed by atoms with Crippen molar-refractivity contribution < 1.29 is 19.1 Å². The molecule has 2 aromatic rings. The average molecular weight is 509 g/mol. The number of nitrogens with zero attached hydrogens (tertiary/aromatic N) is 2. The number of benzene rings is 2. The third-order valence-corrected chi connectivity index (χ3v) is 7.21. The van der Waals surface area contributed by atoms with Gasteiger partial charge in [-0.3, -0.25) is 9.59 Å². The van der Waals surface area contributed by atoms with E-state index in [0.717, 1.165) is 23.4 Å². The van der Waals surface area contributed by atoms with Crippen molar-refractivity contribution in [1.29, 1.82) is 0 Å². The maximum absolute atomic E-state index is 13.0. The number of halogens is 1. The largest absolute Gasteiger partial charge is 0.490 e. The molecule has 2 bridgehead atoms.